The maximum atomic E-state index is 13.5. The molecule has 178 valence electrons. The molecule has 0 aliphatic rings. The average Bonchev–Trinajstić information content (AvgIpc) is 3.17. The lowest BCUT2D eigenvalue weighted by molar-refractivity contribution is -0.140. The number of aromatic amines is 2. The number of nitrogens with zero attached hydrogens (tertiary/aromatic N) is 3. The lowest BCUT2D eigenvalue weighted by Gasteiger charge is -2.20. The molecule has 4 aromatic rings. The lowest BCUT2D eigenvalue weighted by Crippen LogP contribution is -2.46. The maximum Gasteiger partial charge on any atom is 0.355 e. The van der Waals surface area contributed by atoms with E-state index in [-0.39, 0.29) is 18.2 Å². The van der Waals surface area contributed by atoms with Crippen molar-refractivity contribution in [3.8, 4) is 12.3 Å². The summed E-state index contributed by atoms with van der Waals surface area (Å²) < 4.78 is 1.92. The molecule has 0 spiro atoms. The highest BCUT2D eigenvalue weighted by Crippen LogP contribution is 2.20. The van der Waals surface area contributed by atoms with Gasteiger partial charge in [-0.25, -0.2) is 19.0 Å². The number of fused-ring (bicyclic) bond motifs is 1. The van der Waals surface area contributed by atoms with E-state index in [9.17, 15) is 24.3 Å². The Hall–Kier alpha value is -4.56. The number of aliphatic carboxylic acids is 1. The maximum absolute atomic E-state index is 13.5. The number of anilines is 2. The smallest absolute Gasteiger partial charge is 0.355 e. The van der Waals surface area contributed by atoms with E-state index in [0.29, 0.717) is 27.3 Å². The van der Waals surface area contributed by atoms with Crippen LogP contribution in [-0.2, 0) is 11.3 Å². The fraction of sp³-hybridized carbons (Fsp3) is 0.174. The van der Waals surface area contributed by atoms with Crippen LogP contribution in [0.25, 0.3) is 11.0 Å². The molecule has 0 saturated carbocycles. The third-order valence-corrected chi connectivity index (χ3v) is 5.71. The number of benzene rings is 2. The second kappa shape index (κ2) is 9.36. The normalized spacial score (nSPS) is 12.7. The molecule has 0 aliphatic heterocycles. The van der Waals surface area contributed by atoms with E-state index in [1.165, 1.54) is 11.5 Å². The summed E-state index contributed by atoms with van der Waals surface area (Å²) in [6.07, 6.45) is 5.34. The van der Waals surface area contributed by atoms with Gasteiger partial charge in [0.2, 0.25) is 5.95 Å². The number of carboxylic acids is 1. The minimum atomic E-state index is -1.42. The first-order valence-corrected chi connectivity index (χ1v) is 10.7. The van der Waals surface area contributed by atoms with Crippen LogP contribution < -0.4 is 22.4 Å². The fourth-order valence-electron chi connectivity index (χ4n) is 3.67. The van der Waals surface area contributed by atoms with Crippen LogP contribution in [0.5, 0.6) is 0 Å². The van der Waals surface area contributed by atoms with Crippen LogP contribution in [0, 0.1) is 18.3 Å². The third-order valence-electron chi connectivity index (χ3n) is 5.46. The molecule has 0 fully saturated rings. The van der Waals surface area contributed by atoms with Crippen molar-refractivity contribution in [1.29, 1.82) is 0 Å². The van der Waals surface area contributed by atoms with Gasteiger partial charge in [0.1, 0.15) is 5.92 Å². The SMILES string of the molecule is C#C[C@@H](C(=O)O)[C@H](C)n1c(=O)nc(Nc2ccc3[nH]c(=O)[nH]c3c2)n(Cc2ccc(Cl)cc2)c1=O. The summed E-state index contributed by atoms with van der Waals surface area (Å²) in [5.41, 5.74) is 0.0610. The van der Waals surface area contributed by atoms with Crippen molar-refractivity contribution < 1.29 is 9.90 Å². The molecule has 2 aromatic carbocycles. The van der Waals surface area contributed by atoms with Crippen LogP contribution in [0.1, 0.15) is 18.5 Å². The van der Waals surface area contributed by atoms with Gasteiger partial charge in [0.25, 0.3) is 0 Å². The van der Waals surface area contributed by atoms with E-state index >= 15 is 0 Å². The van der Waals surface area contributed by atoms with Gasteiger partial charge in [0.15, 0.2) is 0 Å². The second-order valence-corrected chi connectivity index (χ2v) is 8.21. The van der Waals surface area contributed by atoms with Crippen LogP contribution in [0.3, 0.4) is 0 Å². The Kier molecular flexibility index (Phi) is 6.31. The molecule has 2 atom stereocenters. The van der Waals surface area contributed by atoms with E-state index in [1.807, 2.05) is 0 Å². The lowest BCUT2D eigenvalue weighted by atomic mass is 10.0. The van der Waals surface area contributed by atoms with Gasteiger partial charge < -0.3 is 20.4 Å². The number of hydrogen-bond donors (Lipinski definition) is 4. The summed E-state index contributed by atoms with van der Waals surface area (Å²) in [5.74, 6) is -0.735. The molecule has 12 heteroatoms. The number of hydrogen-bond acceptors (Lipinski definition) is 6. The number of imidazole rings is 1. The highest BCUT2D eigenvalue weighted by Gasteiger charge is 2.28. The molecular formula is C23H19ClN6O5. The molecule has 0 aliphatic carbocycles. The van der Waals surface area contributed by atoms with Gasteiger partial charge in [-0.05, 0) is 42.8 Å². The summed E-state index contributed by atoms with van der Waals surface area (Å²) in [5, 5.41) is 12.9. The molecule has 0 unspecified atom stereocenters. The van der Waals surface area contributed by atoms with Crippen molar-refractivity contribution in [2.24, 2.45) is 5.92 Å². The van der Waals surface area contributed by atoms with E-state index in [2.05, 4.69) is 26.2 Å². The summed E-state index contributed by atoms with van der Waals surface area (Å²) >= 11 is 5.96. The first kappa shape index (κ1) is 23.6. The molecule has 35 heavy (non-hydrogen) atoms. The fourth-order valence-corrected chi connectivity index (χ4v) is 3.80. The first-order chi connectivity index (χ1) is 16.7. The van der Waals surface area contributed by atoms with E-state index in [4.69, 9.17) is 18.0 Å². The Morgan fingerprint density at radius 3 is 2.51 bits per heavy atom. The number of terminal acetylenes is 1. The number of carboxylic acid groups (broad SMARTS) is 1. The minimum absolute atomic E-state index is 0.00460. The molecule has 11 nitrogen and oxygen atoms in total. The molecule has 0 bridgehead atoms. The topological polar surface area (TPSA) is 155 Å². The predicted octanol–water partition coefficient (Wildman–Crippen LogP) is 1.91. The molecule has 2 heterocycles. The summed E-state index contributed by atoms with van der Waals surface area (Å²) in [4.78, 5) is 58.7. The van der Waals surface area contributed by atoms with Gasteiger partial charge in [0.05, 0.1) is 23.6 Å². The zero-order valence-electron chi connectivity index (χ0n) is 18.3. The summed E-state index contributed by atoms with van der Waals surface area (Å²) in [6, 6.07) is 10.4. The Balaban J connectivity index is 1.85. The van der Waals surface area contributed by atoms with Crippen molar-refractivity contribution >= 4 is 40.2 Å². The molecule has 2 aromatic heterocycles. The zero-order valence-corrected chi connectivity index (χ0v) is 19.0. The monoisotopic (exact) mass is 494 g/mol. The van der Waals surface area contributed by atoms with Gasteiger partial charge in [-0.2, -0.15) is 4.98 Å². The zero-order chi connectivity index (χ0) is 25.3. The molecule has 0 radical (unpaired) electrons. The minimum Gasteiger partial charge on any atom is -0.480 e. The first-order valence-electron chi connectivity index (χ1n) is 10.3. The second-order valence-electron chi connectivity index (χ2n) is 7.77. The van der Waals surface area contributed by atoms with Crippen LogP contribution >= 0.6 is 11.6 Å². The Labute approximate surface area is 202 Å². The predicted molar refractivity (Wildman–Crippen MR) is 130 cm³/mol. The van der Waals surface area contributed by atoms with Crippen molar-refractivity contribution in [1.82, 2.24) is 24.1 Å². The Morgan fingerprint density at radius 2 is 1.86 bits per heavy atom. The van der Waals surface area contributed by atoms with Gasteiger partial charge >= 0.3 is 23.0 Å². The standard InChI is InChI=1S/C23H19ClN6O5/c1-3-16(19(31)32)12(2)30-22(34)28-20(25-15-8-9-17-18(10-15)27-21(33)26-17)29(23(30)35)11-13-4-6-14(24)7-5-13/h1,4-10,12,16H,11H2,2H3,(H,31,32)(H,25,28,34)(H2,26,27,33)/t12-,16+/m0/s1. The number of carbonyl (C=O) groups is 1. The molecule has 0 amide bonds. The van der Waals surface area contributed by atoms with Gasteiger partial charge in [-0.3, -0.25) is 9.36 Å². The van der Waals surface area contributed by atoms with Crippen LogP contribution in [0.15, 0.2) is 56.8 Å². The highest BCUT2D eigenvalue weighted by molar-refractivity contribution is 6.30. The van der Waals surface area contributed by atoms with Gasteiger partial charge in [-0.15, -0.1) is 6.42 Å². The van der Waals surface area contributed by atoms with Crippen molar-refractivity contribution in [2.45, 2.75) is 19.5 Å². The van der Waals surface area contributed by atoms with E-state index < -0.39 is 29.3 Å². The third kappa shape index (κ3) is 4.73. The van der Waals surface area contributed by atoms with Crippen molar-refractivity contribution in [3.05, 3.63) is 84.5 Å². The summed E-state index contributed by atoms with van der Waals surface area (Å²) in [7, 11) is 0. The summed E-state index contributed by atoms with van der Waals surface area (Å²) in [6.45, 7) is 1.37. The van der Waals surface area contributed by atoms with Crippen molar-refractivity contribution in [3.63, 3.8) is 0 Å². The van der Waals surface area contributed by atoms with Gasteiger partial charge in [-0.1, -0.05) is 29.7 Å². The van der Waals surface area contributed by atoms with Crippen molar-refractivity contribution in [2.75, 3.05) is 5.32 Å². The average molecular weight is 495 g/mol. The van der Waals surface area contributed by atoms with E-state index in [1.54, 1.807) is 42.5 Å². The molecule has 0 saturated heterocycles. The molecular weight excluding hydrogens is 476 g/mol. The highest BCUT2D eigenvalue weighted by atomic mass is 35.5. The largest absolute Gasteiger partial charge is 0.480 e. The van der Waals surface area contributed by atoms with Crippen LogP contribution in [-0.4, -0.2) is 35.2 Å². The number of rotatable bonds is 7. The molecule has 4 rings (SSSR count). The molecule has 4 N–H and O–H groups in total. The van der Waals surface area contributed by atoms with Crippen LogP contribution in [0.4, 0.5) is 11.6 Å². The number of H-pyrrole nitrogens is 2. The quantitative estimate of drug-likeness (QED) is 0.286. The Bertz CT molecular complexity index is 1640. The number of halogens is 1. The van der Waals surface area contributed by atoms with Gasteiger partial charge in [0, 0.05) is 10.7 Å². The number of nitrogens with one attached hydrogen (secondary N) is 3. The van der Waals surface area contributed by atoms with Crippen LogP contribution in [0.2, 0.25) is 5.02 Å². The number of aromatic nitrogens is 5. The Morgan fingerprint density at radius 1 is 1.17 bits per heavy atom. The van der Waals surface area contributed by atoms with E-state index in [0.717, 1.165) is 4.57 Å².